The van der Waals surface area contributed by atoms with E-state index in [0.717, 1.165) is 44.9 Å². The van der Waals surface area contributed by atoms with Crippen LogP contribution in [-0.2, 0) is 33.2 Å². The van der Waals surface area contributed by atoms with Crippen LogP contribution in [0.4, 0.5) is 0 Å². The van der Waals surface area contributed by atoms with E-state index in [4.69, 9.17) is 28.4 Å². The highest BCUT2D eigenvalue weighted by Crippen LogP contribution is 2.27. The molecule has 452 valence electrons. The first-order valence-electron chi connectivity index (χ1n) is 31.6. The summed E-state index contributed by atoms with van der Waals surface area (Å²) >= 11 is 0. The number of hydrogen-bond donors (Lipinski definition) is 7. The van der Waals surface area contributed by atoms with Gasteiger partial charge in [0.1, 0.15) is 54.9 Å². The van der Waals surface area contributed by atoms with Crippen molar-refractivity contribution in [2.24, 2.45) is 0 Å². The zero-order valence-corrected chi connectivity index (χ0v) is 48.7. The van der Waals surface area contributed by atoms with Crippen molar-refractivity contribution in [2.75, 3.05) is 33.0 Å². The average Bonchev–Trinajstić information content (AvgIpc) is 3.43. The number of ether oxygens (including phenoxy) is 6. The first-order valence-corrected chi connectivity index (χ1v) is 31.6. The van der Waals surface area contributed by atoms with Gasteiger partial charge in [-0.15, -0.1) is 0 Å². The molecule has 0 aromatic rings. The predicted molar refractivity (Wildman–Crippen MR) is 307 cm³/mol. The maximum atomic E-state index is 13.1. The molecule has 11 atom stereocenters. The number of allylic oxidation sites excluding steroid dienone is 6. The zero-order chi connectivity index (χ0) is 55.8. The SMILES string of the molecule is CCCCCCC/C=C\C/C=C\CCCCCCCCCCCCOCC(COC1OC(COC2OC(CO)C(O)C(O)C2O)C(O)C(O)C1O)OC(=O)CCCCCCCCCCC/C=C\CCCCCCCCCC. The van der Waals surface area contributed by atoms with E-state index in [2.05, 4.69) is 50.3 Å². The van der Waals surface area contributed by atoms with Crippen LogP contribution in [0.2, 0.25) is 0 Å². The van der Waals surface area contributed by atoms with E-state index in [1.165, 1.54) is 186 Å². The summed E-state index contributed by atoms with van der Waals surface area (Å²) in [5.41, 5.74) is 0. The quantitative estimate of drug-likeness (QED) is 0.0172. The molecule has 7 N–H and O–H groups in total. The van der Waals surface area contributed by atoms with Crippen LogP contribution >= 0.6 is 0 Å². The normalized spacial score (nSPS) is 24.5. The van der Waals surface area contributed by atoms with Gasteiger partial charge in [-0.05, 0) is 70.6 Å². The minimum atomic E-state index is -1.71. The third-order valence-corrected chi connectivity index (χ3v) is 15.1. The molecule has 0 saturated carbocycles. The van der Waals surface area contributed by atoms with Crippen LogP contribution in [0, 0.1) is 0 Å². The molecular formula is C63H116O14. The second-order valence-corrected chi connectivity index (χ2v) is 22.2. The Morgan fingerprint density at radius 1 is 0.429 bits per heavy atom. The Bertz CT molecular complexity index is 1410. The van der Waals surface area contributed by atoms with E-state index in [9.17, 15) is 40.5 Å². The van der Waals surface area contributed by atoms with Gasteiger partial charge in [-0.3, -0.25) is 4.79 Å². The van der Waals surface area contributed by atoms with Crippen LogP contribution < -0.4 is 0 Å². The lowest BCUT2D eigenvalue weighted by molar-refractivity contribution is -0.332. The van der Waals surface area contributed by atoms with Gasteiger partial charge in [0.2, 0.25) is 0 Å². The number of carbonyl (C=O) groups is 1. The third kappa shape index (κ3) is 36.3. The minimum Gasteiger partial charge on any atom is -0.457 e. The molecule has 0 aromatic carbocycles. The molecule has 2 aliphatic heterocycles. The van der Waals surface area contributed by atoms with Gasteiger partial charge in [0, 0.05) is 13.0 Å². The molecule has 14 nitrogen and oxygen atoms in total. The minimum absolute atomic E-state index is 0.0606. The predicted octanol–water partition coefficient (Wildman–Crippen LogP) is 12.1. The molecule has 2 heterocycles. The van der Waals surface area contributed by atoms with Crippen molar-refractivity contribution in [3.8, 4) is 0 Å². The average molecular weight is 1100 g/mol. The Morgan fingerprint density at radius 3 is 1.26 bits per heavy atom. The lowest BCUT2D eigenvalue weighted by Gasteiger charge is -2.42. The first-order chi connectivity index (χ1) is 37.6. The smallest absolute Gasteiger partial charge is 0.306 e. The standard InChI is InChI=1S/C63H116O14/c1-3-5-7-9-11-13-15-17-19-21-23-25-27-29-31-33-35-37-39-41-43-45-47-72-49-52(50-73-62-61(71)59(69)57(67)54(77-62)51-74-63-60(70)58(68)56(66)53(48-64)76-63)75-55(65)46-44-42-40-38-36-34-32-30-28-26-24-22-20-18-16-14-12-10-8-6-4-2/h15,17,21-24,52-54,56-64,66-71H,3-14,16,18-20,25-51H2,1-2H3/b17-15-,23-21-,24-22-. The molecule has 2 rings (SSSR count). The van der Waals surface area contributed by atoms with E-state index in [0.29, 0.717) is 13.0 Å². The van der Waals surface area contributed by atoms with Gasteiger partial charge in [0.05, 0.1) is 26.4 Å². The Balaban J connectivity index is 1.69. The molecular weight excluding hydrogens is 981 g/mol. The number of unbranched alkanes of at least 4 members (excludes halogenated alkanes) is 32. The second-order valence-electron chi connectivity index (χ2n) is 22.2. The Labute approximate surface area is 468 Å². The number of hydrogen-bond acceptors (Lipinski definition) is 14. The molecule has 2 saturated heterocycles. The molecule has 0 bridgehead atoms. The van der Waals surface area contributed by atoms with Crippen molar-refractivity contribution in [3.63, 3.8) is 0 Å². The largest absolute Gasteiger partial charge is 0.457 e. The fraction of sp³-hybridized carbons (Fsp3) is 0.889. The molecule has 11 unspecified atom stereocenters. The molecule has 2 fully saturated rings. The number of aliphatic hydroxyl groups excluding tert-OH is 7. The Hall–Kier alpha value is -1.79. The fourth-order valence-electron chi connectivity index (χ4n) is 10.0. The highest BCUT2D eigenvalue weighted by Gasteiger charge is 2.47. The summed E-state index contributed by atoms with van der Waals surface area (Å²) in [5.74, 6) is -0.376. The van der Waals surface area contributed by atoms with Crippen LogP contribution in [0.3, 0.4) is 0 Å². The van der Waals surface area contributed by atoms with Crippen molar-refractivity contribution in [1.29, 1.82) is 0 Å². The molecule has 0 radical (unpaired) electrons. The van der Waals surface area contributed by atoms with E-state index in [1.54, 1.807) is 0 Å². The van der Waals surface area contributed by atoms with Crippen molar-refractivity contribution in [3.05, 3.63) is 36.5 Å². The lowest BCUT2D eigenvalue weighted by atomic mass is 9.98. The topological polar surface area (TPSA) is 214 Å². The monoisotopic (exact) mass is 1100 g/mol. The van der Waals surface area contributed by atoms with Gasteiger partial charge in [0.25, 0.3) is 0 Å². The van der Waals surface area contributed by atoms with E-state index >= 15 is 0 Å². The number of esters is 1. The molecule has 0 aromatic heterocycles. The molecule has 77 heavy (non-hydrogen) atoms. The van der Waals surface area contributed by atoms with E-state index in [-0.39, 0.29) is 25.6 Å². The van der Waals surface area contributed by atoms with Crippen LogP contribution in [-0.4, -0.2) is 142 Å². The maximum absolute atomic E-state index is 13.1. The maximum Gasteiger partial charge on any atom is 0.306 e. The molecule has 14 heteroatoms. The highest BCUT2D eigenvalue weighted by atomic mass is 16.7. The molecule has 0 spiro atoms. The number of carbonyl (C=O) groups excluding carboxylic acids is 1. The van der Waals surface area contributed by atoms with Crippen LogP contribution in [0.25, 0.3) is 0 Å². The van der Waals surface area contributed by atoms with Crippen molar-refractivity contribution >= 4 is 5.97 Å². The van der Waals surface area contributed by atoms with E-state index in [1.807, 2.05) is 0 Å². The van der Waals surface area contributed by atoms with E-state index < -0.39 is 80.7 Å². The summed E-state index contributed by atoms with van der Waals surface area (Å²) in [4.78, 5) is 13.1. The van der Waals surface area contributed by atoms with Gasteiger partial charge < -0.3 is 64.2 Å². The summed E-state index contributed by atoms with van der Waals surface area (Å²) in [7, 11) is 0. The Kier molecular flexibility index (Phi) is 46.3. The van der Waals surface area contributed by atoms with Gasteiger partial charge in [-0.25, -0.2) is 0 Å². The summed E-state index contributed by atoms with van der Waals surface area (Å²) in [6.07, 6.45) is 43.5. The third-order valence-electron chi connectivity index (χ3n) is 15.1. The van der Waals surface area contributed by atoms with Crippen LogP contribution in [0.1, 0.15) is 258 Å². The first kappa shape index (κ1) is 71.3. The van der Waals surface area contributed by atoms with Gasteiger partial charge in [0.15, 0.2) is 12.6 Å². The number of rotatable bonds is 52. The highest BCUT2D eigenvalue weighted by molar-refractivity contribution is 5.69. The van der Waals surface area contributed by atoms with Crippen LogP contribution in [0.5, 0.6) is 0 Å². The van der Waals surface area contributed by atoms with Crippen LogP contribution in [0.15, 0.2) is 36.5 Å². The number of aliphatic hydroxyl groups is 7. The van der Waals surface area contributed by atoms with Gasteiger partial charge in [-0.1, -0.05) is 217 Å². The summed E-state index contributed by atoms with van der Waals surface area (Å²) < 4.78 is 34.5. The Morgan fingerprint density at radius 2 is 0.805 bits per heavy atom. The second kappa shape index (κ2) is 50.0. The van der Waals surface area contributed by atoms with Crippen molar-refractivity contribution < 1.29 is 69.0 Å². The van der Waals surface area contributed by atoms with Crippen molar-refractivity contribution in [2.45, 2.75) is 325 Å². The molecule has 0 amide bonds. The molecule has 2 aliphatic rings. The zero-order valence-electron chi connectivity index (χ0n) is 48.7. The summed E-state index contributed by atoms with van der Waals surface area (Å²) in [5, 5.41) is 72.5. The van der Waals surface area contributed by atoms with Crippen molar-refractivity contribution in [1.82, 2.24) is 0 Å². The van der Waals surface area contributed by atoms with Gasteiger partial charge in [-0.2, -0.15) is 0 Å². The summed E-state index contributed by atoms with van der Waals surface area (Å²) in [6, 6.07) is 0. The summed E-state index contributed by atoms with van der Waals surface area (Å²) in [6.45, 7) is 3.71. The molecule has 0 aliphatic carbocycles. The lowest BCUT2D eigenvalue weighted by Crippen LogP contribution is -2.61. The van der Waals surface area contributed by atoms with Gasteiger partial charge >= 0.3 is 5.97 Å². The fourth-order valence-corrected chi connectivity index (χ4v) is 10.0.